The van der Waals surface area contributed by atoms with Gasteiger partial charge in [-0.2, -0.15) is 0 Å². The van der Waals surface area contributed by atoms with Crippen molar-refractivity contribution < 1.29 is 9.90 Å². The molecule has 0 fully saturated rings. The topological polar surface area (TPSA) is 59.5 Å². The lowest BCUT2D eigenvalue weighted by atomic mass is 10.1. The molecule has 98 valence electrons. The molecule has 1 aromatic carbocycles. The van der Waals surface area contributed by atoms with Crippen LogP contribution in [0, 0.1) is 0 Å². The van der Waals surface area contributed by atoms with Gasteiger partial charge < -0.3 is 9.67 Å². The van der Waals surface area contributed by atoms with Crippen molar-refractivity contribution in [3.63, 3.8) is 0 Å². The molecule has 0 radical (unpaired) electrons. The minimum atomic E-state index is -0.973. The zero-order chi connectivity index (χ0) is 13.7. The summed E-state index contributed by atoms with van der Waals surface area (Å²) in [5.74, 6) is -0.347. The number of halogens is 1. The zero-order valence-electron chi connectivity index (χ0n) is 10.5. The molecule has 19 heavy (non-hydrogen) atoms. The van der Waals surface area contributed by atoms with Crippen LogP contribution < -0.4 is 0 Å². The van der Waals surface area contributed by atoms with Crippen molar-refractivity contribution in [1.82, 2.24) is 14.0 Å². The first-order chi connectivity index (χ1) is 9.06. The molecule has 1 N–H and O–H groups in total. The molecule has 5 nitrogen and oxygen atoms in total. The van der Waals surface area contributed by atoms with Crippen LogP contribution in [0.5, 0.6) is 0 Å². The monoisotopic (exact) mass is 321 g/mol. The van der Waals surface area contributed by atoms with Crippen LogP contribution in [0.25, 0.3) is 16.8 Å². The van der Waals surface area contributed by atoms with Crippen LogP contribution >= 0.6 is 15.9 Å². The van der Waals surface area contributed by atoms with Crippen LogP contribution in [0.15, 0.2) is 22.8 Å². The van der Waals surface area contributed by atoms with Gasteiger partial charge in [0.2, 0.25) is 5.78 Å². The van der Waals surface area contributed by atoms with Gasteiger partial charge in [-0.1, -0.05) is 19.1 Å². The van der Waals surface area contributed by atoms with Gasteiger partial charge in [-0.25, -0.2) is 9.78 Å². The smallest absolute Gasteiger partial charge is 0.355 e. The van der Waals surface area contributed by atoms with Crippen LogP contribution in [0.4, 0.5) is 0 Å². The second kappa shape index (κ2) is 4.09. The number of fused-ring (bicyclic) bond motifs is 3. The molecule has 0 atom stereocenters. The third kappa shape index (κ3) is 1.53. The minimum Gasteiger partial charge on any atom is -0.476 e. The highest BCUT2D eigenvalue weighted by molar-refractivity contribution is 9.10. The Labute approximate surface area is 117 Å². The van der Waals surface area contributed by atoms with Crippen LogP contribution in [-0.2, 0) is 13.5 Å². The summed E-state index contributed by atoms with van der Waals surface area (Å²) in [5.41, 5.74) is 3.20. The summed E-state index contributed by atoms with van der Waals surface area (Å²) < 4.78 is 3.94. The van der Waals surface area contributed by atoms with Gasteiger partial charge in [0, 0.05) is 7.05 Å². The highest BCUT2D eigenvalue weighted by Crippen LogP contribution is 2.28. The molecular formula is C13H12BrN3O2. The lowest BCUT2D eigenvalue weighted by Crippen LogP contribution is -2.05. The minimum absolute atomic E-state index is 0.200. The van der Waals surface area contributed by atoms with Gasteiger partial charge in [-0.15, -0.1) is 0 Å². The number of rotatable bonds is 2. The normalized spacial score (nSPS) is 11.5. The van der Waals surface area contributed by atoms with E-state index in [1.54, 1.807) is 11.6 Å². The summed E-state index contributed by atoms with van der Waals surface area (Å²) in [6.07, 6.45) is 0.893. The van der Waals surface area contributed by atoms with Crippen molar-refractivity contribution in [1.29, 1.82) is 0 Å². The number of imidazole rings is 2. The van der Waals surface area contributed by atoms with Gasteiger partial charge in [-0.05, 0) is 34.0 Å². The lowest BCUT2D eigenvalue weighted by Gasteiger charge is -1.99. The summed E-state index contributed by atoms with van der Waals surface area (Å²) in [6, 6.07) is 5.96. The Morgan fingerprint density at radius 3 is 2.84 bits per heavy atom. The third-order valence-electron chi connectivity index (χ3n) is 3.36. The van der Waals surface area contributed by atoms with Gasteiger partial charge >= 0.3 is 5.97 Å². The van der Waals surface area contributed by atoms with E-state index in [0.717, 1.165) is 23.0 Å². The molecule has 3 rings (SSSR count). The number of aromatic carboxylic acids is 1. The number of carbonyl (C=O) groups is 1. The van der Waals surface area contributed by atoms with Crippen LogP contribution in [0.3, 0.4) is 0 Å². The molecule has 0 aliphatic rings. The Kier molecular flexibility index (Phi) is 2.63. The second-order valence-corrected chi connectivity index (χ2v) is 5.14. The number of para-hydroxylation sites is 1. The van der Waals surface area contributed by atoms with E-state index in [9.17, 15) is 9.90 Å². The van der Waals surface area contributed by atoms with E-state index in [4.69, 9.17) is 0 Å². The van der Waals surface area contributed by atoms with Gasteiger partial charge in [0.25, 0.3) is 0 Å². The van der Waals surface area contributed by atoms with Gasteiger partial charge in [-0.3, -0.25) is 4.40 Å². The molecule has 0 spiro atoms. The summed E-state index contributed by atoms with van der Waals surface area (Å²) in [4.78, 5) is 15.9. The largest absolute Gasteiger partial charge is 0.476 e. The van der Waals surface area contributed by atoms with E-state index < -0.39 is 5.97 Å². The van der Waals surface area contributed by atoms with Crippen molar-refractivity contribution in [3.8, 4) is 0 Å². The van der Waals surface area contributed by atoms with Gasteiger partial charge in [0.05, 0.1) is 11.0 Å². The van der Waals surface area contributed by atoms with E-state index in [1.165, 1.54) is 0 Å². The van der Waals surface area contributed by atoms with Crippen molar-refractivity contribution >= 4 is 38.7 Å². The molecule has 6 heteroatoms. The number of nitrogens with zero attached hydrogens (tertiary/aromatic N) is 3. The predicted molar refractivity (Wildman–Crippen MR) is 75.7 cm³/mol. The quantitative estimate of drug-likeness (QED) is 0.789. The fraction of sp³-hybridized carbons (Fsp3) is 0.231. The summed E-state index contributed by atoms with van der Waals surface area (Å²) in [6.45, 7) is 2.08. The molecule has 2 aromatic heterocycles. The Bertz CT molecular complexity index is 816. The molecule has 2 heterocycles. The fourth-order valence-electron chi connectivity index (χ4n) is 2.42. The van der Waals surface area contributed by atoms with Crippen molar-refractivity contribution in [2.24, 2.45) is 7.05 Å². The molecule has 0 saturated carbocycles. The number of aryl methyl sites for hydroxylation is 2. The van der Waals surface area contributed by atoms with Crippen molar-refractivity contribution in [2.75, 3.05) is 0 Å². The maximum absolute atomic E-state index is 11.3. The van der Waals surface area contributed by atoms with Crippen LogP contribution in [0.1, 0.15) is 23.0 Å². The SMILES string of the molecule is CCc1cccc2c1nc1n(C)c(C(=O)O)c(Br)n21. The molecule has 0 aliphatic carbocycles. The van der Waals surface area contributed by atoms with E-state index in [1.807, 2.05) is 22.6 Å². The molecule has 0 aliphatic heterocycles. The number of carboxylic acids is 1. The molecule has 3 aromatic rings. The van der Waals surface area contributed by atoms with Gasteiger partial charge in [0.1, 0.15) is 4.60 Å². The lowest BCUT2D eigenvalue weighted by molar-refractivity contribution is 0.0685. The van der Waals surface area contributed by atoms with E-state index in [-0.39, 0.29) is 5.69 Å². The fourth-order valence-corrected chi connectivity index (χ4v) is 3.21. The number of hydrogen-bond donors (Lipinski definition) is 1. The number of aromatic nitrogens is 3. The number of benzene rings is 1. The van der Waals surface area contributed by atoms with Crippen molar-refractivity contribution in [3.05, 3.63) is 34.1 Å². The maximum atomic E-state index is 11.3. The Balaban J connectivity index is 2.52. The first-order valence-corrected chi connectivity index (χ1v) is 6.73. The first kappa shape index (κ1) is 12.2. The Hall–Kier alpha value is -1.82. The molecule has 0 amide bonds. The third-order valence-corrected chi connectivity index (χ3v) is 4.09. The van der Waals surface area contributed by atoms with Crippen LogP contribution in [-0.4, -0.2) is 25.0 Å². The average molecular weight is 322 g/mol. The molecule has 0 unspecified atom stereocenters. The summed E-state index contributed by atoms with van der Waals surface area (Å²) >= 11 is 3.37. The molecule has 0 saturated heterocycles. The standard InChI is InChI=1S/C13H12BrN3O2/c1-3-7-5-4-6-8-9(7)15-13-16(2)10(12(18)19)11(14)17(8)13/h4-6H,3H2,1-2H3,(H,18,19). The first-order valence-electron chi connectivity index (χ1n) is 5.93. The average Bonchev–Trinajstić information content (AvgIpc) is 2.86. The predicted octanol–water partition coefficient (Wildman–Crippen LogP) is 2.85. The second-order valence-electron chi connectivity index (χ2n) is 4.39. The Morgan fingerprint density at radius 2 is 2.21 bits per heavy atom. The summed E-state index contributed by atoms with van der Waals surface area (Å²) in [7, 11) is 1.71. The highest BCUT2D eigenvalue weighted by Gasteiger charge is 2.22. The van der Waals surface area contributed by atoms with E-state index in [2.05, 4.69) is 27.8 Å². The molecule has 0 bridgehead atoms. The number of carboxylic acid groups (broad SMARTS) is 1. The Morgan fingerprint density at radius 1 is 1.47 bits per heavy atom. The summed E-state index contributed by atoms with van der Waals surface area (Å²) in [5, 5.41) is 9.25. The van der Waals surface area contributed by atoms with Crippen molar-refractivity contribution in [2.45, 2.75) is 13.3 Å². The van der Waals surface area contributed by atoms with E-state index in [0.29, 0.717) is 10.4 Å². The highest BCUT2D eigenvalue weighted by atomic mass is 79.9. The number of hydrogen-bond acceptors (Lipinski definition) is 2. The van der Waals surface area contributed by atoms with Gasteiger partial charge in [0.15, 0.2) is 5.69 Å². The van der Waals surface area contributed by atoms with Crippen LogP contribution in [0.2, 0.25) is 0 Å². The maximum Gasteiger partial charge on any atom is 0.355 e. The van der Waals surface area contributed by atoms with E-state index >= 15 is 0 Å². The zero-order valence-corrected chi connectivity index (χ0v) is 12.1. The molecular weight excluding hydrogens is 310 g/mol.